The van der Waals surface area contributed by atoms with Crippen molar-refractivity contribution in [3.05, 3.63) is 210 Å². The van der Waals surface area contributed by atoms with Crippen LogP contribution < -0.4 is 16.0 Å². The number of hydrogen-bond donors (Lipinski definition) is 3. The Morgan fingerprint density at radius 1 is 0.586 bits per heavy atom. The van der Waals surface area contributed by atoms with E-state index in [0.717, 1.165) is 38.2 Å². The number of oxazole rings is 1. The Labute approximate surface area is 339 Å². The summed E-state index contributed by atoms with van der Waals surface area (Å²) in [6, 6.07) is 58.3. The molecule has 0 radical (unpaired) electrons. The van der Waals surface area contributed by atoms with E-state index in [1.54, 1.807) is 36.4 Å². The van der Waals surface area contributed by atoms with Gasteiger partial charge in [0.15, 0.2) is 5.58 Å². The molecule has 0 aliphatic rings. The third-order valence-corrected chi connectivity index (χ3v) is 10.5. The molecule has 8 rings (SSSR count). The number of hydrogen-bond acceptors (Lipinski definition) is 6. The van der Waals surface area contributed by atoms with Crippen LogP contribution in [0.4, 0.5) is 11.4 Å². The zero-order valence-electron chi connectivity index (χ0n) is 31.0. The third-order valence-electron chi connectivity index (χ3n) is 9.24. The molecule has 1 unspecified atom stereocenters. The summed E-state index contributed by atoms with van der Waals surface area (Å²) in [6.45, 7) is 0. The molecule has 0 aliphatic heterocycles. The Bertz CT molecular complexity index is 2680. The van der Waals surface area contributed by atoms with Gasteiger partial charge in [-0.2, -0.15) is 0 Å². The van der Waals surface area contributed by atoms with Gasteiger partial charge in [-0.05, 0) is 95.1 Å². The molecule has 9 heteroatoms. The number of para-hydroxylation sites is 2. The highest BCUT2D eigenvalue weighted by atomic mass is 32.2. The second kappa shape index (κ2) is 17.5. The van der Waals surface area contributed by atoms with Crippen LogP contribution in [0.25, 0.3) is 39.8 Å². The molecule has 1 atom stereocenters. The monoisotopic (exact) mass is 776 g/mol. The zero-order valence-corrected chi connectivity index (χ0v) is 31.9. The quantitative estimate of drug-likeness (QED) is 0.0841. The van der Waals surface area contributed by atoms with Gasteiger partial charge in [0.2, 0.25) is 11.8 Å². The third kappa shape index (κ3) is 9.13. The predicted octanol–water partition coefficient (Wildman–Crippen LogP) is 11.0. The minimum absolute atomic E-state index is 0.0723. The molecule has 3 N–H and O–H groups in total. The minimum Gasteiger partial charge on any atom is -0.436 e. The van der Waals surface area contributed by atoms with Crippen LogP contribution in [0.15, 0.2) is 203 Å². The fraction of sp³-hybridized carbons (Fsp3) is 0.0204. The maximum absolute atomic E-state index is 14.0. The van der Waals surface area contributed by atoms with Crippen LogP contribution in [-0.2, 0) is 9.59 Å². The minimum atomic E-state index is -0.622. The topological polar surface area (TPSA) is 113 Å². The lowest BCUT2D eigenvalue weighted by molar-refractivity contribution is -0.116. The first kappa shape index (κ1) is 37.4. The van der Waals surface area contributed by atoms with Crippen molar-refractivity contribution in [3.8, 4) is 22.6 Å². The number of nitrogens with one attached hydrogen (secondary N) is 3. The van der Waals surface area contributed by atoms with Crippen molar-refractivity contribution in [2.45, 2.75) is 10.1 Å². The first-order chi connectivity index (χ1) is 28.4. The number of carbonyl (C=O) groups is 3. The molecule has 0 fully saturated rings. The van der Waals surface area contributed by atoms with Crippen LogP contribution >= 0.6 is 11.8 Å². The fourth-order valence-corrected chi connectivity index (χ4v) is 7.38. The Morgan fingerprint density at radius 2 is 1.22 bits per heavy atom. The highest BCUT2D eigenvalue weighted by Crippen LogP contribution is 2.37. The zero-order chi connectivity index (χ0) is 39.7. The SMILES string of the molecule is O=C(Nc1cccc(SC(C(=O)Nc2ccc(-c3nc4ccccc4o3)cc2)c2ccccc2)c1)/C(=C\c1ccc(-c2ccccc2)cc1)NC(=O)c1ccccc1. The molecule has 0 spiro atoms. The number of anilines is 2. The second-order valence-electron chi connectivity index (χ2n) is 13.3. The molecule has 3 amide bonds. The van der Waals surface area contributed by atoms with Crippen molar-refractivity contribution in [2.75, 3.05) is 10.6 Å². The van der Waals surface area contributed by atoms with Crippen molar-refractivity contribution < 1.29 is 18.8 Å². The molecular formula is C49H36N4O4S. The molecule has 58 heavy (non-hydrogen) atoms. The first-order valence-corrected chi connectivity index (χ1v) is 19.5. The van der Waals surface area contributed by atoms with Gasteiger partial charge >= 0.3 is 0 Å². The summed E-state index contributed by atoms with van der Waals surface area (Å²) in [7, 11) is 0. The molecular weight excluding hydrogens is 741 g/mol. The van der Waals surface area contributed by atoms with E-state index in [2.05, 4.69) is 20.9 Å². The van der Waals surface area contributed by atoms with Crippen molar-refractivity contribution in [2.24, 2.45) is 0 Å². The van der Waals surface area contributed by atoms with Gasteiger partial charge in [0, 0.05) is 27.4 Å². The van der Waals surface area contributed by atoms with Gasteiger partial charge in [0.25, 0.3) is 11.8 Å². The number of nitrogens with zero attached hydrogens (tertiary/aromatic N) is 1. The van der Waals surface area contributed by atoms with Gasteiger partial charge in [0.05, 0.1) is 0 Å². The van der Waals surface area contributed by atoms with Crippen LogP contribution in [0.1, 0.15) is 26.7 Å². The van der Waals surface area contributed by atoms with E-state index in [0.29, 0.717) is 28.4 Å². The van der Waals surface area contributed by atoms with Crippen molar-refractivity contribution >= 4 is 58.0 Å². The van der Waals surface area contributed by atoms with Crippen LogP contribution in [0, 0.1) is 0 Å². The summed E-state index contributed by atoms with van der Waals surface area (Å²) in [4.78, 5) is 46.5. The van der Waals surface area contributed by atoms with E-state index in [1.165, 1.54) is 11.8 Å². The standard InChI is InChI=1S/C49H36N4O4S/c54-46(37-17-8-3-9-18-37)52-43(31-33-23-25-35(26-24-33)34-13-4-1-5-14-34)47(55)51-40-19-12-20-41(32-40)58-45(36-15-6-2-7-16-36)48(56)50-39-29-27-38(28-30-39)49-53-42-21-10-11-22-44(42)57-49/h1-32,45H,(H,50,56)(H,51,55)(H,52,54)/b43-31+. The van der Waals surface area contributed by atoms with Crippen molar-refractivity contribution in [3.63, 3.8) is 0 Å². The van der Waals surface area contributed by atoms with Gasteiger partial charge in [-0.15, -0.1) is 11.8 Å². The summed E-state index contributed by atoms with van der Waals surface area (Å²) < 4.78 is 5.91. The molecule has 0 saturated carbocycles. The predicted molar refractivity (Wildman–Crippen MR) is 232 cm³/mol. The largest absolute Gasteiger partial charge is 0.436 e. The molecule has 8 aromatic rings. The van der Waals surface area contributed by atoms with Gasteiger partial charge in [-0.1, -0.05) is 121 Å². The van der Waals surface area contributed by atoms with Crippen LogP contribution in [0.2, 0.25) is 0 Å². The van der Waals surface area contributed by atoms with Gasteiger partial charge < -0.3 is 20.4 Å². The lowest BCUT2D eigenvalue weighted by Crippen LogP contribution is -2.30. The lowest BCUT2D eigenvalue weighted by atomic mass is 10.0. The molecule has 0 saturated heterocycles. The van der Waals surface area contributed by atoms with Crippen molar-refractivity contribution in [1.82, 2.24) is 10.3 Å². The number of rotatable bonds is 12. The molecule has 8 nitrogen and oxygen atoms in total. The Kier molecular flexibility index (Phi) is 11.3. The van der Waals surface area contributed by atoms with E-state index in [-0.39, 0.29) is 11.6 Å². The van der Waals surface area contributed by atoms with E-state index in [9.17, 15) is 14.4 Å². The van der Waals surface area contributed by atoms with E-state index < -0.39 is 17.1 Å². The van der Waals surface area contributed by atoms with Crippen LogP contribution in [0.3, 0.4) is 0 Å². The normalized spacial score (nSPS) is 11.8. The molecule has 1 heterocycles. The number of carbonyl (C=O) groups excluding carboxylic acids is 3. The molecule has 0 bridgehead atoms. The lowest BCUT2D eigenvalue weighted by Gasteiger charge is -2.18. The average molecular weight is 777 g/mol. The molecule has 7 aromatic carbocycles. The number of amides is 3. The number of fused-ring (bicyclic) bond motifs is 1. The second-order valence-corrected chi connectivity index (χ2v) is 14.5. The number of thioether (sulfide) groups is 1. The van der Waals surface area contributed by atoms with Gasteiger partial charge in [-0.25, -0.2) is 4.98 Å². The number of aromatic nitrogens is 1. The highest BCUT2D eigenvalue weighted by Gasteiger charge is 2.23. The fourth-order valence-electron chi connectivity index (χ4n) is 6.29. The summed E-state index contributed by atoms with van der Waals surface area (Å²) in [6.07, 6.45) is 1.65. The smallest absolute Gasteiger partial charge is 0.272 e. The Morgan fingerprint density at radius 3 is 1.95 bits per heavy atom. The summed E-state index contributed by atoms with van der Waals surface area (Å²) >= 11 is 1.36. The molecule has 1 aromatic heterocycles. The molecule has 282 valence electrons. The van der Waals surface area contributed by atoms with Gasteiger partial charge in [0.1, 0.15) is 16.5 Å². The highest BCUT2D eigenvalue weighted by molar-refractivity contribution is 8.00. The molecule has 0 aliphatic carbocycles. The Balaban J connectivity index is 1.00. The first-order valence-electron chi connectivity index (χ1n) is 18.6. The average Bonchev–Trinajstić information content (AvgIpc) is 3.71. The van der Waals surface area contributed by atoms with Gasteiger partial charge in [-0.3, -0.25) is 14.4 Å². The van der Waals surface area contributed by atoms with Crippen molar-refractivity contribution in [1.29, 1.82) is 0 Å². The van der Waals surface area contributed by atoms with E-state index >= 15 is 0 Å². The summed E-state index contributed by atoms with van der Waals surface area (Å²) in [5, 5.41) is 8.22. The van der Waals surface area contributed by atoms with E-state index in [4.69, 9.17) is 4.42 Å². The summed E-state index contributed by atoms with van der Waals surface area (Å²) in [5.41, 5.74) is 7.54. The van der Waals surface area contributed by atoms with Crippen LogP contribution in [-0.4, -0.2) is 22.7 Å². The van der Waals surface area contributed by atoms with E-state index in [1.807, 2.05) is 158 Å². The number of benzene rings is 7. The maximum atomic E-state index is 14.0. The Hall–Kier alpha value is -7.49. The summed E-state index contributed by atoms with van der Waals surface area (Å²) in [5.74, 6) is -0.628. The van der Waals surface area contributed by atoms with Crippen LogP contribution in [0.5, 0.6) is 0 Å². The maximum Gasteiger partial charge on any atom is 0.272 e.